The summed E-state index contributed by atoms with van der Waals surface area (Å²) >= 11 is 0. The molecule has 0 unspecified atom stereocenters. The molecule has 0 saturated carbocycles. The quantitative estimate of drug-likeness (QED) is 0.802. The SMILES string of the molecule is COc1ccc2c(c1OC)C(=O)N1CCc3cc4c(cc3C(C#N)=C21)OCO4. The lowest BCUT2D eigenvalue weighted by molar-refractivity contribution is 0.0849. The number of fused-ring (bicyclic) bond motifs is 5. The second kappa shape index (κ2) is 5.92. The van der Waals surface area contributed by atoms with Gasteiger partial charge < -0.3 is 23.8 Å². The summed E-state index contributed by atoms with van der Waals surface area (Å²) in [5, 5.41) is 10.0. The number of methoxy groups -OCH3 is 2. The van der Waals surface area contributed by atoms with Gasteiger partial charge in [0, 0.05) is 17.7 Å². The summed E-state index contributed by atoms with van der Waals surface area (Å²) in [4.78, 5) is 14.9. The number of carbonyl (C=O) groups is 1. The Labute approximate surface area is 161 Å². The largest absolute Gasteiger partial charge is 0.493 e. The molecule has 0 bridgehead atoms. The summed E-state index contributed by atoms with van der Waals surface area (Å²) in [5.74, 6) is 1.95. The first kappa shape index (κ1) is 16.5. The second-order valence-corrected chi connectivity index (χ2v) is 6.63. The van der Waals surface area contributed by atoms with Crippen molar-refractivity contribution >= 4 is 17.2 Å². The summed E-state index contributed by atoms with van der Waals surface area (Å²) in [6.45, 7) is 0.618. The van der Waals surface area contributed by atoms with Gasteiger partial charge in [-0.3, -0.25) is 4.79 Å². The number of ether oxygens (including phenoxy) is 4. The Morgan fingerprint density at radius 3 is 2.61 bits per heavy atom. The highest BCUT2D eigenvalue weighted by molar-refractivity contribution is 6.17. The van der Waals surface area contributed by atoms with Crippen LogP contribution < -0.4 is 18.9 Å². The van der Waals surface area contributed by atoms with Crippen molar-refractivity contribution in [3.63, 3.8) is 0 Å². The molecule has 2 aromatic carbocycles. The van der Waals surface area contributed by atoms with E-state index >= 15 is 0 Å². The van der Waals surface area contributed by atoms with Crippen molar-refractivity contribution in [3.8, 4) is 29.1 Å². The molecular formula is C21H16N2O5. The fourth-order valence-electron chi connectivity index (χ4n) is 4.10. The zero-order valence-corrected chi connectivity index (χ0v) is 15.4. The number of benzene rings is 2. The normalized spacial score (nSPS) is 16.2. The number of nitriles is 1. The summed E-state index contributed by atoms with van der Waals surface area (Å²) in [7, 11) is 3.03. The molecule has 3 aliphatic rings. The lowest BCUT2D eigenvalue weighted by atomic mass is 9.95. The van der Waals surface area contributed by atoms with Gasteiger partial charge in [0.15, 0.2) is 23.0 Å². The fraction of sp³-hybridized carbons (Fsp3) is 0.238. The van der Waals surface area contributed by atoms with Crippen LogP contribution in [0, 0.1) is 11.3 Å². The predicted octanol–water partition coefficient (Wildman–Crippen LogP) is 2.84. The molecule has 2 aromatic rings. The van der Waals surface area contributed by atoms with E-state index in [1.165, 1.54) is 14.2 Å². The van der Waals surface area contributed by atoms with E-state index in [-0.39, 0.29) is 12.7 Å². The summed E-state index contributed by atoms with van der Waals surface area (Å²) in [6, 6.07) is 9.59. The molecule has 0 atom stereocenters. The molecule has 5 rings (SSSR count). The van der Waals surface area contributed by atoms with Gasteiger partial charge in [0.25, 0.3) is 5.91 Å². The third-order valence-electron chi connectivity index (χ3n) is 5.35. The summed E-state index contributed by atoms with van der Waals surface area (Å²) in [6.07, 6.45) is 0.597. The van der Waals surface area contributed by atoms with Crippen LogP contribution in [0.5, 0.6) is 23.0 Å². The van der Waals surface area contributed by atoms with Gasteiger partial charge in [-0.2, -0.15) is 5.26 Å². The van der Waals surface area contributed by atoms with E-state index in [0.29, 0.717) is 58.4 Å². The minimum Gasteiger partial charge on any atom is -0.493 e. The van der Waals surface area contributed by atoms with Gasteiger partial charge >= 0.3 is 0 Å². The fourth-order valence-corrected chi connectivity index (χ4v) is 4.10. The number of carbonyl (C=O) groups excluding carboxylic acids is 1. The highest BCUT2D eigenvalue weighted by Gasteiger charge is 2.40. The molecule has 7 nitrogen and oxygen atoms in total. The number of allylic oxidation sites excluding steroid dienone is 1. The van der Waals surface area contributed by atoms with Gasteiger partial charge in [-0.05, 0) is 36.2 Å². The smallest absolute Gasteiger partial charge is 0.262 e. The van der Waals surface area contributed by atoms with E-state index in [2.05, 4.69) is 6.07 Å². The minimum absolute atomic E-state index is 0.168. The van der Waals surface area contributed by atoms with Crippen molar-refractivity contribution in [1.82, 2.24) is 4.90 Å². The van der Waals surface area contributed by atoms with Gasteiger partial charge in [0.1, 0.15) is 6.07 Å². The summed E-state index contributed by atoms with van der Waals surface area (Å²) < 4.78 is 21.8. The zero-order chi connectivity index (χ0) is 19.4. The maximum atomic E-state index is 13.2. The van der Waals surface area contributed by atoms with Crippen molar-refractivity contribution in [2.24, 2.45) is 0 Å². The molecule has 0 aliphatic carbocycles. The number of hydrogen-bond donors (Lipinski definition) is 0. The van der Waals surface area contributed by atoms with Crippen LogP contribution in [0.3, 0.4) is 0 Å². The van der Waals surface area contributed by atoms with Crippen LogP contribution in [0.25, 0.3) is 11.3 Å². The Morgan fingerprint density at radius 2 is 1.89 bits per heavy atom. The van der Waals surface area contributed by atoms with Crippen LogP contribution >= 0.6 is 0 Å². The number of hydrogen-bond acceptors (Lipinski definition) is 6. The Bertz CT molecular complexity index is 1110. The van der Waals surface area contributed by atoms with E-state index in [1.54, 1.807) is 17.0 Å². The van der Waals surface area contributed by atoms with Gasteiger partial charge in [0.2, 0.25) is 6.79 Å². The topological polar surface area (TPSA) is 81.0 Å². The van der Waals surface area contributed by atoms with E-state index in [0.717, 1.165) is 11.1 Å². The number of nitrogens with zero attached hydrogens (tertiary/aromatic N) is 2. The molecule has 0 radical (unpaired) electrons. The molecule has 3 aliphatic heterocycles. The predicted molar refractivity (Wildman–Crippen MR) is 99.3 cm³/mol. The maximum Gasteiger partial charge on any atom is 0.262 e. The van der Waals surface area contributed by atoms with E-state index in [1.807, 2.05) is 12.1 Å². The molecular weight excluding hydrogens is 360 g/mol. The molecule has 28 heavy (non-hydrogen) atoms. The van der Waals surface area contributed by atoms with Crippen LogP contribution in [0.2, 0.25) is 0 Å². The molecule has 0 fully saturated rings. The van der Waals surface area contributed by atoms with Crippen LogP contribution in [0.4, 0.5) is 0 Å². The van der Waals surface area contributed by atoms with Crippen LogP contribution in [0.1, 0.15) is 27.0 Å². The minimum atomic E-state index is -0.193. The lowest BCUT2D eigenvalue weighted by Gasteiger charge is -2.16. The second-order valence-electron chi connectivity index (χ2n) is 6.63. The first-order valence-electron chi connectivity index (χ1n) is 8.82. The zero-order valence-electron chi connectivity index (χ0n) is 15.4. The Kier molecular flexibility index (Phi) is 3.49. The standard InChI is InChI=1S/C21H16N2O5/c1-25-15-4-3-12-18(20(15)26-2)21(24)23-6-5-11-7-16-17(28-10-27-16)8-13(11)14(9-22)19(12)23/h3-4,7-8H,5-6,10H2,1-2H3. The number of amides is 1. The highest BCUT2D eigenvalue weighted by Crippen LogP contribution is 2.48. The molecule has 7 heteroatoms. The monoisotopic (exact) mass is 376 g/mol. The average molecular weight is 376 g/mol. The van der Waals surface area contributed by atoms with Crippen LogP contribution in [-0.4, -0.2) is 38.4 Å². The first-order chi connectivity index (χ1) is 13.7. The van der Waals surface area contributed by atoms with Gasteiger partial charge in [0.05, 0.1) is 31.1 Å². The van der Waals surface area contributed by atoms with Crippen LogP contribution in [0.15, 0.2) is 24.3 Å². The van der Waals surface area contributed by atoms with Gasteiger partial charge in [-0.15, -0.1) is 0 Å². The maximum absolute atomic E-state index is 13.2. The van der Waals surface area contributed by atoms with Gasteiger partial charge in [-0.25, -0.2) is 0 Å². The molecule has 0 spiro atoms. The average Bonchev–Trinajstić information content (AvgIpc) is 3.23. The van der Waals surface area contributed by atoms with Crippen molar-refractivity contribution in [2.45, 2.75) is 6.42 Å². The molecule has 1 amide bonds. The molecule has 0 aromatic heterocycles. The van der Waals surface area contributed by atoms with Crippen molar-refractivity contribution < 1.29 is 23.7 Å². The Morgan fingerprint density at radius 1 is 1.11 bits per heavy atom. The molecule has 0 N–H and O–H groups in total. The summed E-state index contributed by atoms with van der Waals surface area (Å²) in [5.41, 5.74) is 3.85. The van der Waals surface area contributed by atoms with E-state index in [9.17, 15) is 10.1 Å². The Hall–Kier alpha value is -3.66. The highest BCUT2D eigenvalue weighted by atomic mass is 16.7. The first-order valence-corrected chi connectivity index (χ1v) is 8.82. The Balaban J connectivity index is 1.80. The molecule has 140 valence electrons. The third kappa shape index (κ3) is 2.06. The third-order valence-corrected chi connectivity index (χ3v) is 5.35. The molecule has 3 heterocycles. The number of rotatable bonds is 2. The van der Waals surface area contributed by atoms with Crippen molar-refractivity contribution in [2.75, 3.05) is 27.6 Å². The van der Waals surface area contributed by atoms with Gasteiger partial charge in [-0.1, -0.05) is 0 Å². The lowest BCUT2D eigenvalue weighted by Crippen LogP contribution is -2.25. The van der Waals surface area contributed by atoms with E-state index < -0.39 is 0 Å². The van der Waals surface area contributed by atoms with Crippen LogP contribution in [-0.2, 0) is 6.42 Å². The molecule has 0 saturated heterocycles. The van der Waals surface area contributed by atoms with E-state index in [4.69, 9.17) is 18.9 Å². The van der Waals surface area contributed by atoms with Crippen molar-refractivity contribution in [1.29, 1.82) is 5.26 Å². The van der Waals surface area contributed by atoms with Crippen molar-refractivity contribution in [3.05, 3.63) is 46.5 Å².